The van der Waals surface area contributed by atoms with Crippen molar-refractivity contribution in [3.8, 4) is 11.5 Å². The molecule has 28 heavy (non-hydrogen) atoms. The highest BCUT2D eigenvalue weighted by Crippen LogP contribution is 2.43. The summed E-state index contributed by atoms with van der Waals surface area (Å²) in [4.78, 5) is 38.3. The predicted molar refractivity (Wildman–Crippen MR) is 100 cm³/mol. The minimum absolute atomic E-state index is 0.204. The third-order valence-corrected chi connectivity index (χ3v) is 4.68. The quantitative estimate of drug-likeness (QED) is 0.687. The van der Waals surface area contributed by atoms with Gasteiger partial charge in [0.2, 0.25) is 5.91 Å². The van der Waals surface area contributed by atoms with Crippen molar-refractivity contribution in [1.29, 1.82) is 0 Å². The molecule has 0 unspecified atom stereocenters. The van der Waals surface area contributed by atoms with E-state index in [0.717, 1.165) is 4.90 Å². The van der Waals surface area contributed by atoms with Crippen molar-refractivity contribution in [1.82, 2.24) is 0 Å². The summed E-state index contributed by atoms with van der Waals surface area (Å²) in [5, 5.41) is 11.2. The van der Waals surface area contributed by atoms with Crippen LogP contribution in [0.3, 0.4) is 0 Å². The predicted octanol–water partition coefficient (Wildman–Crippen LogP) is 0.996. The van der Waals surface area contributed by atoms with Crippen LogP contribution in [0.1, 0.15) is 22.3 Å². The van der Waals surface area contributed by atoms with Crippen molar-refractivity contribution in [3.05, 3.63) is 53.6 Å². The Bertz CT molecular complexity index is 957. The Kier molecular flexibility index (Phi) is 5.06. The lowest BCUT2D eigenvalue weighted by Gasteiger charge is -2.22. The molecule has 0 aromatic heterocycles. The number of para-hydroxylation sites is 1. The first kappa shape index (κ1) is 19.4. The van der Waals surface area contributed by atoms with Crippen molar-refractivity contribution in [2.75, 3.05) is 25.7 Å². The van der Waals surface area contributed by atoms with E-state index in [1.54, 1.807) is 36.4 Å². The van der Waals surface area contributed by atoms with Crippen molar-refractivity contribution in [3.63, 3.8) is 0 Å². The second-order valence-corrected chi connectivity index (χ2v) is 6.40. The molecule has 0 bridgehead atoms. The Balaban J connectivity index is 1.98. The van der Waals surface area contributed by atoms with E-state index in [-0.39, 0.29) is 16.9 Å². The fourth-order valence-electron chi connectivity index (χ4n) is 3.35. The first-order valence-corrected chi connectivity index (χ1v) is 8.49. The SMILES string of the molecule is COc1ccc(C(=O)C[C@@]2(O)C(=O)N(CC(N)=O)c3ccccc32)c(OC)c1. The summed E-state index contributed by atoms with van der Waals surface area (Å²) in [5.74, 6) is -1.22. The maximum absolute atomic E-state index is 12.9. The highest BCUT2D eigenvalue weighted by atomic mass is 16.5. The van der Waals surface area contributed by atoms with Crippen molar-refractivity contribution >= 4 is 23.3 Å². The first-order valence-electron chi connectivity index (χ1n) is 8.49. The van der Waals surface area contributed by atoms with Crippen LogP contribution in [0.15, 0.2) is 42.5 Å². The number of aliphatic hydroxyl groups is 1. The van der Waals surface area contributed by atoms with E-state index in [4.69, 9.17) is 15.2 Å². The molecule has 1 aliphatic rings. The number of hydrogen-bond donors (Lipinski definition) is 2. The summed E-state index contributed by atoms with van der Waals surface area (Å²) in [6, 6.07) is 11.1. The number of rotatable bonds is 7. The number of anilines is 1. The van der Waals surface area contributed by atoms with E-state index < -0.39 is 36.2 Å². The molecule has 0 spiro atoms. The zero-order valence-corrected chi connectivity index (χ0v) is 15.5. The van der Waals surface area contributed by atoms with Crippen LogP contribution < -0.4 is 20.1 Å². The minimum atomic E-state index is -2.10. The van der Waals surface area contributed by atoms with Gasteiger partial charge >= 0.3 is 0 Å². The zero-order chi connectivity index (χ0) is 20.5. The van der Waals surface area contributed by atoms with Gasteiger partial charge in [0.1, 0.15) is 18.0 Å². The van der Waals surface area contributed by atoms with Gasteiger partial charge in [-0.2, -0.15) is 0 Å². The van der Waals surface area contributed by atoms with Crippen LogP contribution in [-0.4, -0.2) is 43.5 Å². The number of nitrogens with zero attached hydrogens (tertiary/aromatic N) is 1. The molecule has 2 aromatic carbocycles. The smallest absolute Gasteiger partial charge is 0.264 e. The number of methoxy groups -OCH3 is 2. The zero-order valence-electron chi connectivity index (χ0n) is 15.5. The molecular formula is C20H20N2O6. The molecule has 146 valence electrons. The van der Waals surface area contributed by atoms with Gasteiger partial charge in [-0.3, -0.25) is 19.3 Å². The van der Waals surface area contributed by atoms with E-state index in [0.29, 0.717) is 11.4 Å². The molecule has 0 aliphatic carbocycles. The topological polar surface area (TPSA) is 119 Å². The number of fused-ring (bicyclic) bond motifs is 1. The van der Waals surface area contributed by atoms with Gasteiger partial charge in [0.15, 0.2) is 11.4 Å². The number of primary amides is 1. The second-order valence-electron chi connectivity index (χ2n) is 6.40. The molecule has 1 atom stereocenters. The number of nitrogens with two attached hydrogens (primary N) is 1. The number of benzene rings is 2. The number of ether oxygens (including phenoxy) is 2. The first-order chi connectivity index (χ1) is 13.3. The lowest BCUT2D eigenvalue weighted by Crippen LogP contribution is -2.44. The summed E-state index contributed by atoms with van der Waals surface area (Å²) in [6.45, 7) is -0.391. The fourth-order valence-corrected chi connectivity index (χ4v) is 3.35. The average Bonchev–Trinajstić information content (AvgIpc) is 2.89. The van der Waals surface area contributed by atoms with Crippen molar-refractivity contribution in [2.45, 2.75) is 12.0 Å². The molecule has 2 aromatic rings. The van der Waals surface area contributed by atoms with Gasteiger partial charge in [0.25, 0.3) is 5.91 Å². The Hall–Kier alpha value is -3.39. The molecule has 0 radical (unpaired) electrons. The van der Waals surface area contributed by atoms with Gasteiger partial charge < -0.3 is 20.3 Å². The van der Waals surface area contributed by atoms with Crippen LogP contribution in [-0.2, 0) is 15.2 Å². The van der Waals surface area contributed by atoms with E-state index in [9.17, 15) is 19.5 Å². The normalized spacial score (nSPS) is 18.0. The van der Waals surface area contributed by atoms with E-state index in [1.807, 2.05) is 0 Å². The monoisotopic (exact) mass is 384 g/mol. The van der Waals surface area contributed by atoms with Crippen LogP contribution in [0.2, 0.25) is 0 Å². The maximum Gasteiger partial charge on any atom is 0.264 e. The Morgan fingerprint density at radius 3 is 2.50 bits per heavy atom. The average molecular weight is 384 g/mol. The highest BCUT2D eigenvalue weighted by molar-refractivity contribution is 6.12. The highest BCUT2D eigenvalue weighted by Gasteiger charge is 2.51. The molecule has 1 aliphatic heterocycles. The number of carbonyl (C=O) groups excluding carboxylic acids is 3. The molecule has 0 saturated heterocycles. The van der Waals surface area contributed by atoms with Crippen LogP contribution in [0.4, 0.5) is 5.69 Å². The van der Waals surface area contributed by atoms with Crippen molar-refractivity contribution < 1.29 is 29.0 Å². The summed E-state index contributed by atoms with van der Waals surface area (Å²) >= 11 is 0. The summed E-state index contributed by atoms with van der Waals surface area (Å²) in [7, 11) is 2.89. The number of ketones is 1. The van der Waals surface area contributed by atoms with E-state index >= 15 is 0 Å². The standard InChI is InChI=1S/C20H20N2O6/c1-27-12-7-8-13(17(9-12)28-2)16(23)10-20(26)14-5-3-4-6-15(14)22(19(20)25)11-18(21)24/h3-9,26H,10-11H2,1-2H3,(H2,21,24)/t20-/m0/s1. The molecule has 8 heteroatoms. The molecule has 0 saturated carbocycles. The van der Waals surface area contributed by atoms with E-state index in [1.165, 1.54) is 20.3 Å². The number of hydrogen-bond acceptors (Lipinski definition) is 6. The lowest BCUT2D eigenvalue weighted by molar-refractivity contribution is -0.136. The van der Waals surface area contributed by atoms with Gasteiger partial charge in [0, 0.05) is 11.6 Å². The lowest BCUT2D eigenvalue weighted by atomic mass is 9.88. The second kappa shape index (κ2) is 7.32. The fraction of sp³-hybridized carbons (Fsp3) is 0.250. The van der Waals surface area contributed by atoms with Gasteiger partial charge in [-0.25, -0.2) is 0 Å². The van der Waals surface area contributed by atoms with Gasteiger partial charge in [-0.1, -0.05) is 18.2 Å². The maximum atomic E-state index is 12.9. The number of amides is 2. The van der Waals surface area contributed by atoms with E-state index in [2.05, 4.69) is 0 Å². The third kappa shape index (κ3) is 3.18. The number of Topliss-reactive ketones (excluding diaryl/α,β-unsaturated/α-hetero) is 1. The molecule has 8 nitrogen and oxygen atoms in total. The number of carbonyl (C=O) groups is 3. The summed E-state index contributed by atoms with van der Waals surface area (Å²) in [5.41, 5.74) is 3.93. The molecule has 0 fully saturated rings. The molecule has 3 rings (SSSR count). The Morgan fingerprint density at radius 1 is 1.14 bits per heavy atom. The van der Waals surface area contributed by atoms with Crippen LogP contribution in [0, 0.1) is 0 Å². The van der Waals surface area contributed by atoms with Crippen molar-refractivity contribution in [2.24, 2.45) is 5.73 Å². The van der Waals surface area contributed by atoms with Gasteiger partial charge in [-0.05, 0) is 18.2 Å². The minimum Gasteiger partial charge on any atom is -0.497 e. The van der Waals surface area contributed by atoms with Gasteiger partial charge in [-0.15, -0.1) is 0 Å². The van der Waals surface area contributed by atoms with Gasteiger partial charge in [0.05, 0.1) is 31.9 Å². The van der Waals surface area contributed by atoms with Crippen LogP contribution in [0.25, 0.3) is 0 Å². The molecule has 3 N–H and O–H groups in total. The third-order valence-electron chi connectivity index (χ3n) is 4.68. The molecule has 1 heterocycles. The van der Waals surface area contributed by atoms with Crippen LogP contribution in [0.5, 0.6) is 11.5 Å². The molecular weight excluding hydrogens is 364 g/mol. The Morgan fingerprint density at radius 2 is 1.86 bits per heavy atom. The Labute approximate surface area is 161 Å². The molecule has 2 amide bonds. The van der Waals surface area contributed by atoms with Crippen LogP contribution >= 0.6 is 0 Å². The summed E-state index contributed by atoms with van der Waals surface area (Å²) < 4.78 is 10.4. The summed E-state index contributed by atoms with van der Waals surface area (Å²) in [6.07, 6.45) is -0.513. The largest absolute Gasteiger partial charge is 0.497 e.